The Bertz CT molecular complexity index is 1300. The zero-order chi connectivity index (χ0) is 28.7. The van der Waals surface area contributed by atoms with Gasteiger partial charge in [-0.25, -0.2) is 4.79 Å². The molecule has 7 heteroatoms. The number of alkyl halides is 3. The van der Waals surface area contributed by atoms with Crippen LogP contribution in [-0.2, 0) is 22.4 Å². The fraction of sp³-hybridized carbons (Fsp3) is 0.394. The number of aryl methyl sites for hydroxylation is 2. The van der Waals surface area contributed by atoms with Gasteiger partial charge in [-0.15, -0.1) is 0 Å². The second kappa shape index (κ2) is 13.2. The largest absolute Gasteiger partial charge is 0.452 e. The number of rotatable bonds is 10. The van der Waals surface area contributed by atoms with Gasteiger partial charge >= 0.3 is 18.1 Å². The number of carbonyl (C=O) groups is 2. The number of carbonyl (C=O) groups excluding carboxylic acids is 2. The maximum Gasteiger partial charge on any atom is 0.425 e. The highest BCUT2D eigenvalue weighted by Gasteiger charge is 2.43. The van der Waals surface area contributed by atoms with Crippen molar-refractivity contribution >= 4 is 11.9 Å². The lowest BCUT2D eigenvalue weighted by atomic mass is 9.84. The lowest BCUT2D eigenvalue weighted by molar-refractivity contribution is -0.225. The second-order valence-electron chi connectivity index (χ2n) is 10.5. The second-order valence-corrected chi connectivity index (χ2v) is 10.5. The number of hydrogen-bond acceptors (Lipinski definition) is 4. The van der Waals surface area contributed by atoms with Gasteiger partial charge in [0.15, 0.2) is 6.10 Å². The molecule has 212 valence electrons. The SMILES string of the molecule is CCCCCCC(OC(=O)C1CCc2cc(OC(=O)c3ccc(-c4ccc(C)cc4)cc3)ccc2C1)C(F)(F)F. The summed E-state index contributed by atoms with van der Waals surface area (Å²) in [5.74, 6) is -1.53. The normalized spacial score (nSPS) is 15.7. The number of hydrogen-bond donors (Lipinski definition) is 0. The fourth-order valence-corrected chi connectivity index (χ4v) is 4.99. The zero-order valence-electron chi connectivity index (χ0n) is 22.9. The molecule has 0 saturated heterocycles. The molecule has 4 nitrogen and oxygen atoms in total. The number of fused-ring (bicyclic) bond motifs is 1. The van der Waals surface area contributed by atoms with Gasteiger partial charge in [-0.3, -0.25) is 4.79 Å². The van der Waals surface area contributed by atoms with Crippen molar-refractivity contribution in [2.24, 2.45) is 5.92 Å². The van der Waals surface area contributed by atoms with E-state index in [1.54, 1.807) is 30.3 Å². The van der Waals surface area contributed by atoms with E-state index in [2.05, 4.69) is 0 Å². The Morgan fingerprint density at radius 1 is 0.900 bits per heavy atom. The molecule has 0 spiro atoms. The minimum atomic E-state index is -4.58. The van der Waals surface area contributed by atoms with E-state index in [1.165, 1.54) is 5.56 Å². The lowest BCUT2D eigenvalue weighted by Crippen LogP contribution is -2.37. The third-order valence-electron chi connectivity index (χ3n) is 7.40. The summed E-state index contributed by atoms with van der Waals surface area (Å²) in [5, 5.41) is 0. The van der Waals surface area contributed by atoms with Crippen LogP contribution in [0, 0.1) is 12.8 Å². The summed E-state index contributed by atoms with van der Waals surface area (Å²) in [6.07, 6.45) is -2.86. The molecule has 2 unspecified atom stereocenters. The van der Waals surface area contributed by atoms with Crippen molar-refractivity contribution < 1.29 is 32.2 Å². The fourth-order valence-electron chi connectivity index (χ4n) is 4.99. The minimum Gasteiger partial charge on any atom is -0.452 e. The van der Waals surface area contributed by atoms with Crippen molar-refractivity contribution in [1.29, 1.82) is 0 Å². The smallest absolute Gasteiger partial charge is 0.425 e. The van der Waals surface area contributed by atoms with Crippen LogP contribution >= 0.6 is 0 Å². The van der Waals surface area contributed by atoms with Crippen molar-refractivity contribution in [3.8, 4) is 16.9 Å². The average molecular weight is 553 g/mol. The summed E-state index contributed by atoms with van der Waals surface area (Å²) >= 11 is 0. The van der Waals surface area contributed by atoms with Crippen molar-refractivity contribution in [2.75, 3.05) is 0 Å². The Balaban J connectivity index is 1.34. The Hall–Kier alpha value is -3.61. The van der Waals surface area contributed by atoms with E-state index in [1.807, 2.05) is 50.2 Å². The summed E-state index contributed by atoms with van der Waals surface area (Å²) in [6.45, 7) is 4.01. The summed E-state index contributed by atoms with van der Waals surface area (Å²) in [6, 6.07) is 20.5. The minimum absolute atomic E-state index is 0.206. The molecular weight excluding hydrogens is 517 g/mol. The van der Waals surface area contributed by atoms with Gasteiger partial charge in [0, 0.05) is 0 Å². The van der Waals surface area contributed by atoms with Gasteiger partial charge in [-0.1, -0.05) is 74.2 Å². The molecule has 0 bridgehead atoms. The third kappa shape index (κ3) is 7.74. The van der Waals surface area contributed by atoms with Crippen LogP contribution in [0.25, 0.3) is 11.1 Å². The van der Waals surface area contributed by atoms with Crippen LogP contribution in [0.15, 0.2) is 66.7 Å². The molecule has 3 aromatic carbocycles. The molecule has 1 aliphatic carbocycles. The van der Waals surface area contributed by atoms with Crippen LogP contribution < -0.4 is 4.74 Å². The highest BCUT2D eigenvalue weighted by Crippen LogP contribution is 2.33. The maximum absolute atomic E-state index is 13.5. The zero-order valence-corrected chi connectivity index (χ0v) is 22.9. The van der Waals surface area contributed by atoms with Crippen LogP contribution in [0.4, 0.5) is 13.2 Å². The number of ether oxygens (including phenoxy) is 2. The number of halogens is 3. The molecule has 0 saturated carbocycles. The van der Waals surface area contributed by atoms with Crippen LogP contribution in [0.5, 0.6) is 5.75 Å². The lowest BCUT2D eigenvalue weighted by Gasteiger charge is -2.27. The van der Waals surface area contributed by atoms with Gasteiger partial charge in [-0.2, -0.15) is 13.2 Å². The summed E-state index contributed by atoms with van der Waals surface area (Å²) in [4.78, 5) is 25.4. The molecule has 2 atom stereocenters. The molecule has 0 fully saturated rings. The summed E-state index contributed by atoms with van der Waals surface area (Å²) in [5.41, 5.74) is 5.41. The molecule has 40 heavy (non-hydrogen) atoms. The van der Waals surface area contributed by atoms with E-state index in [9.17, 15) is 22.8 Å². The number of unbranched alkanes of at least 4 members (excludes halogenated alkanes) is 3. The van der Waals surface area contributed by atoms with Crippen LogP contribution in [-0.4, -0.2) is 24.2 Å². The van der Waals surface area contributed by atoms with E-state index in [-0.39, 0.29) is 6.42 Å². The predicted octanol–water partition coefficient (Wildman–Crippen LogP) is 8.43. The van der Waals surface area contributed by atoms with Gasteiger partial charge in [0.2, 0.25) is 0 Å². The van der Waals surface area contributed by atoms with Gasteiger partial charge < -0.3 is 9.47 Å². The molecule has 0 aliphatic heterocycles. The molecule has 0 amide bonds. The average Bonchev–Trinajstić information content (AvgIpc) is 2.94. The van der Waals surface area contributed by atoms with E-state index >= 15 is 0 Å². The predicted molar refractivity (Wildman–Crippen MR) is 148 cm³/mol. The Kier molecular flexibility index (Phi) is 9.67. The number of esters is 2. The van der Waals surface area contributed by atoms with Crippen molar-refractivity contribution in [3.63, 3.8) is 0 Å². The van der Waals surface area contributed by atoms with Crippen molar-refractivity contribution in [2.45, 2.75) is 77.5 Å². The van der Waals surface area contributed by atoms with E-state index in [4.69, 9.17) is 9.47 Å². The number of benzene rings is 3. The topological polar surface area (TPSA) is 52.6 Å². The van der Waals surface area contributed by atoms with E-state index in [0.29, 0.717) is 43.4 Å². The first-order valence-electron chi connectivity index (χ1n) is 13.9. The van der Waals surface area contributed by atoms with E-state index < -0.39 is 30.1 Å². The van der Waals surface area contributed by atoms with Gasteiger partial charge in [0.25, 0.3) is 0 Å². The third-order valence-corrected chi connectivity index (χ3v) is 7.40. The van der Waals surface area contributed by atoms with Crippen LogP contribution in [0.3, 0.4) is 0 Å². The highest BCUT2D eigenvalue weighted by atomic mass is 19.4. The van der Waals surface area contributed by atoms with Crippen molar-refractivity contribution in [3.05, 3.63) is 89.0 Å². The molecule has 3 aromatic rings. The molecule has 0 aromatic heterocycles. The molecule has 1 aliphatic rings. The first-order valence-corrected chi connectivity index (χ1v) is 13.9. The molecule has 0 N–H and O–H groups in total. The van der Waals surface area contributed by atoms with Gasteiger partial charge in [0.1, 0.15) is 5.75 Å². The van der Waals surface area contributed by atoms with Crippen LogP contribution in [0.1, 0.15) is 72.5 Å². The first kappa shape index (κ1) is 29.4. The molecule has 0 radical (unpaired) electrons. The Morgan fingerprint density at radius 2 is 1.57 bits per heavy atom. The summed E-state index contributed by atoms with van der Waals surface area (Å²) < 4.78 is 51.0. The van der Waals surface area contributed by atoms with Gasteiger partial charge in [0.05, 0.1) is 11.5 Å². The summed E-state index contributed by atoms with van der Waals surface area (Å²) in [7, 11) is 0. The Morgan fingerprint density at radius 3 is 2.23 bits per heavy atom. The monoisotopic (exact) mass is 552 g/mol. The molecule has 4 rings (SSSR count). The van der Waals surface area contributed by atoms with Gasteiger partial charge in [-0.05, 0) is 85.5 Å². The maximum atomic E-state index is 13.5. The molecule has 0 heterocycles. The van der Waals surface area contributed by atoms with Crippen LogP contribution in [0.2, 0.25) is 0 Å². The standard InChI is InChI=1S/C33H35F3O4/c1-3-4-5-6-7-30(33(34,35)36)40-32(38)28-17-16-27-21-29(19-18-26(27)20-28)39-31(37)25-14-12-24(13-15-25)23-10-8-22(2)9-11-23/h8-15,18-19,21,28,30H,3-7,16-17,20H2,1-2H3. The highest BCUT2D eigenvalue weighted by molar-refractivity contribution is 5.91. The molecular formula is C33H35F3O4. The Labute approximate surface area is 233 Å². The van der Waals surface area contributed by atoms with E-state index in [0.717, 1.165) is 35.1 Å². The van der Waals surface area contributed by atoms with Crippen molar-refractivity contribution in [1.82, 2.24) is 0 Å². The first-order chi connectivity index (χ1) is 19.1. The quantitative estimate of drug-likeness (QED) is 0.144.